The topological polar surface area (TPSA) is 15.3 Å². The van der Waals surface area contributed by atoms with Gasteiger partial charge < -0.3 is 5.32 Å². The van der Waals surface area contributed by atoms with Gasteiger partial charge in [0, 0.05) is 24.7 Å². The second-order valence-corrected chi connectivity index (χ2v) is 6.79. The first-order valence-electron chi connectivity index (χ1n) is 8.02. The summed E-state index contributed by atoms with van der Waals surface area (Å²) in [6.07, 6.45) is 2.37. The molecule has 3 unspecified atom stereocenters. The average molecular weight is 274 g/mol. The Bertz CT molecular complexity index is 430. The van der Waals surface area contributed by atoms with Crippen LogP contribution in [0.15, 0.2) is 30.3 Å². The van der Waals surface area contributed by atoms with Gasteiger partial charge in [0.2, 0.25) is 0 Å². The van der Waals surface area contributed by atoms with E-state index in [2.05, 4.69) is 75.2 Å². The van der Waals surface area contributed by atoms with Crippen molar-refractivity contribution >= 4 is 0 Å². The number of hydrogen-bond acceptors (Lipinski definition) is 2. The fraction of sp³-hybridized carbons (Fsp3) is 0.667. The molecule has 0 spiro atoms. The molecule has 1 fully saturated rings. The Balaban J connectivity index is 2.36. The van der Waals surface area contributed by atoms with Gasteiger partial charge in [-0.25, -0.2) is 0 Å². The molecule has 2 nitrogen and oxygen atoms in total. The monoisotopic (exact) mass is 274 g/mol. The Kier molecular flexibility index (Phi) is 4.55. The van der Waals surface area contributed by atoms with Gasteiger partial charge in [0.1, 0.15) is 0 Å². The summed E-state index contributed by atoms with van der Waals surface area (Å²) in [5.41, 5.74) is 1.74. The molecule has 1 aliphatic rings. The molecular weight excluding hydrogens is 244 g/mol. The van der Waals surface area contributed by atoms with Gasteiger partial charge in [0.15, 0.2) is 0 Å². The van der Waals surface area contributed by atoms with Crippen molar-refractivity contribution in [2.45, 2.75) is 64.6 Å². The van der Waals surface area contributed by atoms with Crippen molar-refractivity contribution in [3.63, 3.8) is 0 Å². The summed E-state index contributed by atoms with van der Waals surface area (Å²) in [5, 5.41) is 3.80. The van der Waals surface area contributed by atoms with E-state index in [0.29, 0.717) is 6.04 Å². The molecule has 20 heavy (non-hydrogen) atoms. The summed E-state index contributed by atoms with van der Waals surface area (Å²) in [6, 6.07) is 11.6. The highest BCUT2D eigenvalue weighted by Crippen LogP contribution is 2.36. The predicted octanol–water partition coefficient (Wildman–Crippen LogP) is 3.77. The predicted molar refractivity (Wildman–Crippen MR) is 87.0 cm³/mol. The molecule has 1 aromatic rings. The smallest absolute Gasteiger partial charge is 0.0560 e. The average Bonchev–Trinajstić information content (AvgIpc) is 2.50. The molecule has 0 aliphatic carbocycles. The number of benzene rings is 1. The Morgan fingerprint density at radius 2 is 1.85 bits per heavy atom. The van der Waals surface area contributed by atoms with E-state index in [0.717, 1.165) is 13.1 Å². The third-order valence-electron chi connectivity index (χ3n) is 5.31. The molecule has 1 aliphatic heterocycles. The van der Waals surface area contributed by atoms with Gasteiger partial charge in [-0.05, 0) is 39.2 Å². The first-order valence-corrected chi connectivity index (χ1v) is 8.02. The normalized spacial score (nSPS) is 33.0. The van der Waals surface area contributed by atoms with E-state index in [1.165, 1.54) is 18.4 Å². The van der Waals surface area contributed by atoms with Crippen molar-refractivity contribution in [3.05, 3.63) is 35.9 Å². The summed E-state index contributed by atoms with van der Waals surface area (Å²) in [5.74, 6) is 0. The summed E-state index contributed by atoms with van der Waals surface area (Å²) in [7, 11) is 0. The SMILES string of the molecule is CCC(C)N1CC(C)(CC)NCC1(C)c1ccccc1. The van der Waals surface area contributed by atoms with E-state index in [4.69, 9.17) is 0 Å². The van der Waals surface area contributed by atoms with Gasteiger partial charge in [-0.1, -0.05) is 44.2 Å². The minimum absolute atomic E-state index is 0.0887. The molecule has 0 amide bonds. The van der Waals surface area contributed by atoms with Gasteiger partial charge in [-0.3, -0.25) is 4.90 Å². The van der Waals surface area contributed by atoms with Crippen molar-refractivity contribution in [1.82, 2.24) is 10.2 Å². The van der Waals surface area contributed by atoms with E-state index >= 15 is 0 Å². The minimum atomic E-state index is 0.0887. The Labute approximate surface area is 124 Å². The number of rotatable bonds is 4. The second-order valence-electron chi connectivity index (χ2n) is 6.79. The summed E-state index contributed by atoms with van der Waals surface area (Å²) < 4.78 is 0. The lowest BCUT2D eigenvalue weighted by Crippen LogP contribution is -2.68. The molecule has 0 radical (unpaired) electrons. The van der Waals surface area contributed by atoms with E-state index < -0.39 is 0 Å². The van der Waals surface area contributed by atoms with E-state index in [1.54, 1.807) is 0 Å². The van der Waals surface area contributed by atoms with E-state index in [-0.39, 0.29) is 11.1 Å². The lowest BCUT2D eigenvalue weighted by Gasteiger charge is -2.54. The highest BCUT2D eigenvalue weighted by Gasteiger charge is 2.44. The Morgan fingerprint density at radius 1 is 1.20 bits per heavy atom. The van der Waals surface area contributed by atoms with Gasteiger partial charge in [0.05, 0.1) is 5.54 Å². The third kappa shape index (κ3) is 2.77. The largest absolute Gasteiger partial charge is 0.308 e. The first kappa shape index (κ1) is 15.5. The van der Waals surface area contributed by atoms with Crippen LogP contribution in [0, 0.1) is 0 Å². The highest BCUT2D eigenvalue weighted by atomic mass is 15.3. The number of hydrogen-bond donors (Lipinski definition) is 1. The molecule has 2 rings (SSSR count). The summed E-state index contributed by atoms with van der Waals surface area (Å²) in [6.45, 7) is 13.8. The maximum absolute atomic E-state index is 3.80. The fourth-order valence-corrected chi connectivity index (χ4v) is 3.26. The zero-order valence-corrected chi connectivity index (χ0v) is 13.7. The Hall–Kier alpha value is -0.860. The third-order valence-corrected chi connectivity index (χ3v) is 5.31. The number of nitrogens with one attached hydrogen (secondary N) is 1. The molecule has 0 saturated carbocycles. The summed E-state index contributed by atoms with van der Waals surface area (Å²) in [4.78, 5) is 2.71. The highest BCUT2D eigenvalue weighted by molar-refractivity contribution is 5.26. The standard InChI is InChI=1S/C18H30N2/c1-6-15(3)20-14-17(4,7-2)19-13-18(20,5)16-11-9-8-10-12-16/h8-12,15,19H,6-7,13-14H2,1-5H3. The molecular formula is C18H30N2. The van der Waals surface area contributed by atoms with Crippen molar-refractivity contribution in [2.75, 3.05) is 13.1 Å². The van der Waals surface area contributed by atoms with Crippen LogP contribution in [-0.2, 0) is 5.54 Å². The quantitative estimate of drug-likeness (QED) is 0.899. The van der Waals surface area contributed by atoms with E-state index in [9.17, 15) is 0 Å². The zero-order valence-electron chi connectivity index (χ0n) is 13.7. The molecule has 0 bridgehead atoms. The van der Waals surface area contributed by atoms with Crippen LogP contribution in [0.25, 0.3) is 0 Å². The maximum atomic E-state index is 3.80. The van der Waals surface area contributed by atoms with Gasteiger partial charge in [-0.15, -0.1) is 0 Å². The van der Waals surface area contributed by atoms with Crippen LogP contribution in [-0.4, -0.2) is 29.6 Å². The molecule has 112 valence electrons. The van der Waals surface area contributed by atoms with Crippen molar-refractivity contribution in [2.24, 2.45) is 0 Å². The molecule has 1 saturated heterocycles. The van der Waals surface area contributed by atoms with Crippen LogP contribution in [0.1, 0.15) is 53.0 Å². The van der Waals surface area contributed by atoms with Gasteiger partial charge in [0.25, 0.3) is 0 Å². The molecule has 1 aromatic carbocycles. The van der Waals surface area contributed by atoms with Gasteiger partial charge >= 0.3 is 0 Å². The van der Waals surface area contributed by atoms with Crippen molar-refractivity contribution < 1.29 is 0 Å². The fourth-order valence-electron chi connectivity index (χ4n) is 3.26. The first-order chi connectivity index (χ1) is 9.45. The molecule has 0 aromatic heterocycles. The molecule has 1 N–H and O–H groups in total. The summed E-state index contributed by atoms with van der Waals surface area (Å²) >= 11 is 0. The van der Waals surface area contributed by atoms with Crippen LogP contribution < -0.4 is 5.32 Å². The van der Waals surface area contributed by atoms with Crippen molar-refractivity contribution in [3.8, 4) is 0 Å². The van der Waals surface area contributed by atoms with Crippen LogP contribution in [0.4, 0.5) is 0 Å². The lowest BCUT2D eigenvalue weighted by molar-refractivity contribution is -0.0134. The lowest BCUT2D eigenvalue weighted by atomic mass is 9.81. The van der Waals surface area contributed by atoms with Crippen LogP contribution in [0.3, 0.4) is 0 Å². The van der Waals surface area contributed by atoms with Crippen LogP contribution in [0.5, 0.6) is 0 Å². The molecule has 3 atom stereocenters. The minimum Gasteiger partial charge on any atom is -0.308 e. The molecule has 2 heteroatoms. The number of nitrogens with zero attached hydrogens (tertiary/aromatic N) is 1. The maximum Gasteiger partial charge on any atom is 0.0560 e. The Morgan fingerprint density at radius 3 is 2.40 bits per heavy atom. The second kappa shape index (κ2) is 5.87. The van der Waals surface area contributed by atoms with Crippen LogP contribution in [0.2, 0.25) is 0 Å². The van der Waals surface area contributed by atoms with Crippen LogP contribution >= 0.6 is 0 Å². The van der Waals surface area contributed by atoms with Gasteiger partial charge in [-0.2, -0.15) is 0 Å². The van der Waals surface area contributed by atoms with E-state index in [1.807, 2.05) is 0 Å². The van der Waals surface area contributed by atoms with Crippen molar-refractivity contribution in [1.29, 1.82) is 0 Å². The zero-order chi connectivity index (χ0) is 14.8. The number of piperazine rings is 1. The molecule has 1 heterocycles.